The summed E-state index contributed by atoms with van der Waals surface area (Å²) in [5.74, 6) is 6.17. The van der Waals surface area contributed by atoms with Gasteiger partial charge in [-0.3, -0.25) is 11.3 Å². The molecule has 0 aliphatic carbocycles. The maximum Gasteiger partial charge on any atom is 0.123 e. The first-order valence-electron chi connectivity index (χ1n) is 5.69. The number of rotatable bonds is 4. The van der Waals surface area contributed by atoms with E-state index in [1.807, 2.05) is 18.7 Å². The van der Waals surface area contributed by atoms with Crippen LogP contribution in [0.4, 0.5) is 4.39 Å². The number of hydrogen-bond donors (Lipinski definition) is 2. The predicted octanol–water partition coefficient (Wildman–Crippen LogP) is 3.17. The topological polar surface area (TPSA) is 38.0 Å². The van der Waals surface area contributed by atoms with Crippen LogP contribution >= 0.6 is 11.8 Å². The van der Waals surface area contributed by atoms with Crippen LogP contribution in [0.15, 0.2) is 18.2 Å². The van der Waals surface area contributed by atoms with E-state index in [1.165, 1.54) is 6.07 Å². The van der Waals surface area contributed by atoms with Crippen LogP contribution in [0.25, 0.3) is 0 Å². The minimum absolute atomic E-state index is 0.0186. The van der Waals surface area contributed by atoms with Crippen LogP contribution in [0.3, 0.4) is 0 Å². The van der Waals surface area contributed by atoms with Crippen LogP contribution < -0.4 is 11.3 Å². The molecule has 0 bridgehead atoms. The van der Waals surface area contributed by atoms with Gasteiger partial charge in [0.1, 0.15) is 5.82 Å². The zero-order valence-corrected chi connectivity index (χ0v) is 11.7. The Labute approximate surface area is 107 Å². The van der Waals surface area contributed by atoms with Gasteiger partial charge < -0.3 is 0 Å². The van der Waals surface area contributed by atoms with E-state index in [-0.39, 0.29) is 16.6 Å². The quantitative estimate of drug-likeness (QED) is 0.642. The highest BCUT2D eigenvalue weighted by molar-refractivity contribution is 8.00. The highest BCUT2D eigenvalue weighted by atomic mass is 32.2. The van der Waals surface area contributed by atoms with Gasteiger partial charge in [-0.15, -0.1) is 0 Å². The molecule has 0 aliphatic heterocycles. The van der Waals surface area contributed by atoms with E-state index >= 15 is 0 Å². The van der Waals surface area contributed by atoms with Crippen molar-refractivity contribution in [2.45, 2.75) is 38.5 Å². The maximum absolute atomic E-state index is 13.2. The Bertz CT molecular complexity index is 374. The average Bonchev–Trinajstić information content (AvgIpc) is 2.22. The lowest BCUT2D eigenvalue weighted by Crippen LogP contribution is -2.31. The first kappa shape index (κ1) is 14.5. The van der Waals surface area contributed by atoms with E-state index in [0.29, 0.717) is 0 Å². The van der Waals surface area contributed by atoms with Crippen LogP contribution in [0.5, 0.6) is 0 Å². The second-order valence-corrected chi connectivity index (χ2v) is 6.99. The van der Waals surface area contributed by atoms with E-state index in [0.717, 1.165) is 16.9 Å². The number of thioether (sulfide) groups is 1. The number of hydrazine groups is 1. The highest BCUT2D eigenvalue weighted by Gasteiger charge is 2.18. The van der Waals surface area contributed by atoms with E-state index < -0.39 is 0 Å². The van der Waals surface area contributed by atoms with Crippen molar-refractivity contribution in [2.24, 2.45) is 5.84 Å². The molecule has 0 heterocycles. The number of halogens is 1. The maximum atomic E-state index is 13.2. The SMILES string of the molecule is Cc1ccc(F)cc1C(CSC(C)(C)C)NN. The number of hydrogen-bond acceptors (Lipinski definition) is 3. The summed E-state index contributed by atoms with van der Waals surface area (Å²) in [6, 6.07) is 4.80. The molecule has 0 aliphatic rings. The molecule has 1 aromatic rings. The Morgan fingerprint density at radius 2 is 2.06 bits per heavy atom. The summed E-state index contributed by atoms with van der Waals surface area (Å²) >= 11 is 1.81. The molecule has 0 radical (unpaired) electrons. The average molecular weight is 256 g/mol. The van der Waals surface area contributed by atoms with E-state index in [9.17, 15) is 4.39 Å². The Balaban J connectivity index is 2.82. The molecule has 96 valence electrons. The van der Waals surface area contributed by atoms with Crippen molar-refractivity contribution >= 4 is 11.8 Å². The van der Waals surface area contributed by atoms with Gasteiger partial charge in [-0.1, -0.05) is 26.8 Å². The lowest BCUT2D eigenvalue weighted by Gasteiger charge is -2.23. The van der Waals surface area contributed by atoms with Crippen LogP contribution in [-0.2, 0) is 0 Å². The first-order valence-corrected chi connectivity index (χ1v) is 6.68. The van der Waals surface area contributed by atoms with Crippen molar-refractivity contribution in [1.29, 1.82) is 0 Å². The molecule has 0 saturated heterocycles. The van der Waals surface area contributed by atoms with Crippen LogP contribution in [0.2, 0.25) is 0 Å². The van der Waals surface area contributed by atoms with Crippen molar-refractivity contribution in [2.75, 3.05) is 5.75 Å². The van der Waals surface area contributed by atoms with Crippen molar-refractivity contribution in [3.05, 3.63) is 35.1 Å². The fourth-order valence-corrected chi connectivity index (χ4v) is 2.49. The third kappa shape index (κ3) is 4.66. The third-order valence-electron chi connectivity index (χ3n) is 2.50. The Hall–Kier alpha value is -0.580. The summed E-state index contributed by atoms with van der Waals surface area (Å²) in [5.41, 5.74) is 4.77. The summed E-state index contributed by atoms with van der Waals surface area (Å²) in [5, 5.41) is 0. The van der Waals surface area contributed by atoms with Crippen LogP contribution in [0.1, 0.15) is 37.9 Å². The van der Waals surface area contributed by atoms with Gasteiger partial charge in [-0.2, -0.15) is 11.8 Å². The summed E-state index contributed by atoms with van der Waals surface area (Å²) < 4.78 is 13.4. The van der Waals surface area contributed by atoms with Gasteiger partial charge in [0.05, 0.1) is 6.04 Å². The monoisotopic (exact) mass is 256 g/mol. The molecule has 4 heteroatoms. The first-order chi connectivity index (χ1) is 7.83. The lowest BCUT2D eigenvalue weighted by atomic mass is 10.0. The molecule has 1 unspecified atom stereocenters. The zero-order chi connectivity index (χ0) is 13.1. The van der Waals surface area contributed by atoms with Gasteiger partial charge in [-0.25, -0.2) is 4.39 Å². The predicted molar refractivity (Wildman–Crippen MR) is 73.4 cm³/mol. The minimum atomic E-state index is -0.216. The third-order valence-corrected chi connectivity index (χ3v) is 3.87. The molecule has 0 fully saturated rings. The van der Waals surface area contributed by atoms with Gasteiger partial charge in [0.15, 0.2) is 0 Å². The molecule has 3 N–H and O–H groups in total. The summed E-state index contributed by atoms with van der Waals surface area (Å²) in [6.07, 6.45) is 0. The molecule has 2 nitrogen and oxygen atoms in total. The van der Waals surface area contributed by atoms with E-state index in [1.54, 1.807) is 12.1 Å². The Kier molecular flexibility index (Phi) is 4.98. The van der Waals surface area contributed by atoms with Crippen LogP contribution in [-0.4, -0.2) is 10.5 Å². The van der Waals surface area contributed by atoms with E-state index in [2.05, 4.69) is 26.2 Å². The van der Waals surface area contributed by atoms with Gasteiger partial charge in [0, 0.05) is 10.5 Å². The normalized spacial score (nSPS) is 13.8. The number of nitrogens with one attached hydrogen (secondary N) is 1. The molecule has 0 saturated carbocycles. The molecule has 17 heavy (non-hydrogen) atoms. The van der Waals surface area contributed by atoms with Crippen LogP contribution in [0, 0.1) is 12.7 Å². The molecule has 0 aromatic heterocycles. The number of nitrogens with two attached hydrogens (primary N) is 1. The molecular formula is C13H21FN2S. The van der Waals surface area contributed by atoms with Crippen molar-refractivity contribution < 1.29 is 4.39 Å². The van der Waals surface area contributed by atoms with Crippen molar-refractivity contribution in [1.82, 2.24) is 5.43 Å². The van der Waals surface area contributed by atoms with Gasteiger partial charge in [-0.05, 0) is 30.2 Å². The minimum Gasteiger partial charge on any atom is -0.271 e. The molecule has 0 spiro atoms. The highest BCUT2D eigenvalue weighted by Crippen LogP contribution is 2.29. The van der Waals surface area contributed by atoms with E-state index in [4.69, 9.17) is 5.84 Å². The Morgan fingerprint density at radius 1 is 1.41 bits per heavy atom. The standard InChI is InChI=1S/C13H21FN2S/c1-9-5-6-10(14)7-11(9)12(16-15)8-17-13(2,3)4/h5-7,12,16H,8,15H2,1-4H3. The summed E-state index contributed by atoms with van der Waals surface area (Å²) in [7, 11) is 0. The molecule has 1 atom stereocenters. The fraction of sp³-hybridized carbons (Fsp3) is 0.538. The van der Waals surface area contributed by atoms with Gasteiger partial charge in [0.25, 0.3) is 0 Å². The number of aryl methyl sites for hydroxylation is 1. The molecule has 0 amide bonds. The van der Waals surface area contributed by atoms with Crippen molar-refractivity contribution in [3.63, 3.8) is 0 Å². The van der Waals surface area contributed by atoms with Crippen molar-refractivity contribution in [3.8, 4) is 0 Å². The summed E-state index contributed by atoms with van der Waals surface area (Å²) in [6.45, 7) is 8.44. The largest absolute Gasteiger partial charge is 0.271 e. The molecular weight excluding hydrogens is 235 g/mol. The molecule has 1 rings (SSSR count). The fourth-order valence-electron chi connectivity index (χ4n) is 1.55. The Morgan fingerprint density at radius 3 is 2.59 bits per heavy atom. The second-order valence-electron chi connectivity index (χ2n) is 5.14. The zero-order valence-electron chi connectivity index (χ0n) is 10.9. The second kappa shape index (κ2) is 5.85. The summed E-state index contributed by atoms with van der Waals surface area (Å²) in [4.78, 5) is 0. The van der Waals surface area contributed by atoms with Gasteiger partial charge in [0.2, 0.25) is 0 Å². The van der Waals surface area contributed by atoms with Gasteiger partial charge >= 0.3 is 0 Å². The number of benzene rings is 1. The molecule has 1 aromatic carbocycles. The smallest absolute Gasteiger partial charge is 0.123 e. The lowest BCUT2D eigenvalue weighted by molar-refractivity contribution is 0.586.